The largest absolute Gasteiger partial charge is 0.207 e. The monoisotopic (exact) mass is 346 g/mol. The summed E-state index contributed by atoms with van der Waals surface area (Å²) < 4.78 is 42.6. The predicted molar refractivity (Wildman–Crippen MR) is 96.1 cm³/mol. The Kier molecular flexibility index (Phi) is 5.51. The summed E-state index contributed by atoms with van der Waals surface area (Å²) in [4.78, 5) is 0. The molecule has 0 aromatic heterocycles. The third-order valence-electron chi connectivity index (χ3n) is 5.57. The second-order valence-corrected chi connectivity index (χ2v) is 7.30. The van der Waals surface area contributed by atoms with Crippen LogP contribution in [0.2, 0.25) is 0 Å². The van der Waals surface area contributed by atoms with Gasteiger partial charge >= 0.3 is 0 Å². The molecule has 0 atom stereocenters. The second-order valence-electron chi connectivity index (χ2n) is 7.30. The number of aryl methyl sites for hydroxylation is 1. The van der Waals surface area contributed by atoms with Crippen molar-refractivity contribution in [3.05, 3.63) is 58.9 Å². The van der Waals surface area contributed by atoms with Crippen LogP contribution in [0.3, 0.4) is 0 Å². The highest BCUT2D eigenvalue weighted by atomic mass is 19.2. The maximum atomic E-state index is 14.7. The van der Waals surface area contributed by atoms with Crippen LogP contribution in [0.15, 0.2) is 30.3 Å². The van der Waals surface area contributed by atoms with Crippen LogP contribution in [-0.4, -0.2) is 0 Å². The molecule has 0 heterocycles. The molecule has 1 fully saturated rings. The molecule has 0 aliphatic heterocycles. The molecular formula is C22H25F3. The van der Waals surface area contributed by atoms with Crippen LogP contribution < -0.4 is 0 Å². The fourth-order valence-electron chi connectivity index (χ4n) is 4.07. The Balaban J connectivity index is 1.81. The maximum absolute atomic E-state index is 14.7. The molecule has 0 saturated heterocycles. The zero-order valence-corrected chi connectivity index (χ0v) is 14.9. The van der Waals surface area contributed by atoms with E-state index in [-0.39, 0.29) is 22.9 Å². The van der Waals surface area contributed by atoms with E-state index in [4.69, 9.17) is 0 Å². The number of hydrogen-bond acceptors (Lipinski definition) is 0. The highest BCUT2D eigenvalue weighted by molar-refractivity contribution is 5.65. The number of halogens is 3. The van der Waals surface area contributed by atoms with E-state index >= 15 is 0 Å². The molecule has 0 nitrogen and oxygen atoms in total. The summed E-state index contributed by atoms with van der Waals surface area (Å²) >= 11 is 0. The predicted octanol–water partition coefficient (Wildman–Crippen LogP) is 7.15. The van der Waals surface area contributed by atoms with Crippen molar-refractivity contribution in [1.82, 2.24) is 0 Å². The van der Waals surface area contributed by atoms with Gasteiger partial charge in [0.05, 0.1) is 0 Å². The summed E-state index contributed by atoms with van der Waals surface area (Å²) in [6.07, 6.45) is 6.78. The molecule has 25 heavy (non-hydrogen) atoms. The third-order valence-corrected chi connectivity index (χ3v) is 5.57. The molecule has 3 rings (SSSR count). The van der Waals surface area contributed by atoms with Gasteiger partial charge < -0.3 is 0 Å². The maximum Gasteiger partial charge on any atom is 0.166 e. The van der Waals surface area contributed by atoms with Crippen molar-refractivity contribution < 1.29 is 13.2 Å². The Bertz CT molecular complexity index is 743. The summed E-state index contributed by atoms with van der Waals surface area (Å²) in [7, 11) is 0. The van der Waals surface area contributed by atoms with Crippen molar-refractivity contribution in [2.24, 2.45) is 5.92 Å². The van der Waals surface area contributed by atoms with Gasteiger partial charge in [0.2, 0.25) is 0 Å². The van der Waals surface area contributed by atoms with Gasteiger partial charge in [-0.2, -0.15) is 0 Å². The molecule has 1 aliphatic carbocycles. The van der Waals surface area contributed by atoms with E-state index in [0.29, 0.717) is 11.1 Å². The summed E-state index contributed by atoms with van der Waals surface area (Å²) in [5.41, 5.74) is 1.46. The molecule has 0 bridgehead atoms. The van der Waals surface area contributed by atoms with Crippen LogP contribution in [-0.2, 0) is 0 Å². The molecule has 134 valence electrons. The topological polar surface area (TPSA) is 0 Å². The highest BCUT2D eigenvalue weighted by Crippen LogP contribution is 2.39. The second kappa shape index (κ2) is 7.63. The van der Waals surface area contributed by atoms with Gasteiger partial charge in [-0.15, -0.1) is 0 Å². The quantitative estimate of drug-likeness (QED) is 0.551. The minimum Gasteiger partial charge on any atom is -0.207 e. The highest BCUT2D eigenvalue weighted by Gasteiger charge is 2.24. The van der Waals surface area contributed by atoms with Crippen LogP contribution >= 0.6 is 0 Å². The van der Waals surface area contributed by atoms with E-state index in [2.05, 4.69) is 6.92 Å². The van der Waals surface area contributed by atoms with E-state index in [9.17, 15) is 13.2 Å². The minimum absolute atomic E-state index is 0.111. The smallest absolute Gasteiger partial charge is 0.166 e. The van der Waals surface area contributed by atoms with Gasteiger partial charge in [0.15, 0.2) is 11.6 Å². The average molecular weight is 346 g/mol. The van der Waals surface area contributed by atoms with Gasteiger partial charge in [0.1, 0.15) is 5.82 Å². The average Bonchev–Trinajstić information content (AvgIpc) is 2.61. The van der Waals surface area contributed by atoms with E-state index in [1.54, 1.807) is 12.1 Å². The van der Waals surface area contributed by atoms with Gasteiger partial charge in [0, 0.05) is 5.56 Å². The van der Waals surface area contributed by atoms with Crippen LogP contribution in [0.1, 0.15) is 62.5 Å². The standard InChI is InChI=1S/C22H25F3/c1-3-4-15-6-8-16(9-7-15)18-12-10-17(13-20(18)23)19-11-5-14(2)21(24)22(19)25/h5,10-13,15-16H,3-4,6-9H2,1-2H3. The van der Waals surface area contributed by atoms with Crippen molar-refractivity contribution in [2.45, 2.75) is 58.3 Å². The first kappa shape index (κ1) is 18.0. The Morgan fingerprint density at radius 3 is 2.28 bits per heavy atom. The molecule has 0 radical (unpaired) electrons. The molecule has 0 unspecified atom stereocenters. The zero-order valence-electron chi connectivity index (χ0n) is 14.9. The van der Waals surface area contributed by atoms with Crippen molar-refractivity contribution in [1.29, 1.82) is 0 Å². The Morgan fingerprint density at radius 1 is 0.920 bits per heavy atom. The normalized spacial score (nSPS) is 20.7. The first-order chi connectivity index (χ1) is 12.0. The summed E-state index contributed by atoms with van der Waals surface area (Å²) in [6.45, 7) is 3.72. The lowest BCUT2D eigenvalue weighted by atomic mass is 9.77. The van der Waals surface area contributed by atoms with Crippen LogP contribution in [0.4, 0.5) is 13.2 Å². The lowest BCUT2D eigenvalue weighted by Gasteiger charge is -2.29. The number of rotatable bonds is 4. The fourth-order valence-corrected chi connectivity index (χ4v) is 4.07. The van der Waals surface area contributed by atoms with E-state index < -0.39 is 11.6 Å². The molecule has 0 spiro atoms. The number of hydrogen-bond donors (Lipinski definition) is 0. The molecule has 0 N–H and O–H groups in total. The van der Waals surface area contributed by atoms with Crippen molar-refractivity contribution in [3.63, 3.8) is 0 Å². The van der Waals surface area contributed by atoms with Gasteiger partial charge in [0.25, 0.3) is 0 Å². The van der Waals surface area contributed by atoms with Crippen molar-refractivity contribution >= 4 is 0 Å². The van der Waals surface area contributed by atoms with Crippen LogP contribution in [0, 0.1) is 30.3 Å². The van der Waals surface area contributed by atoms with Crippen LogP contribution in [0.5, 0.6) is 0 Å². The molecule has 3 heteroatoms. The lowest BCUT2D eigenvalue weighted by molar-refractivity contribution is 0.304. The molecular weight excluding hydrogens is 321 g/mol. The minimum atomic E-state index is -0.910. The van der Waals surface area contributed by atoms with Crippen molar-refractivity contribution in [2.75, 3.05) is 0 Å². The van der Waals surface area contributed by atoms with E-state index in [0.717, 1.165) is 31.6 Å². The lowest BCUT2D eigenvalue weighted by Crippen LogP contribution is -2.14. The van der Waals surface area contributed by atoms with Crippen LogP contribution in [0.25, 0.3) is 11.1 Å². The SMILES string of the molecule is CCCC1CCC(c2ccc(-c3ccc(C)c(F)c3F)cc2F)CC1. The molecule has 1 aliphatic rings. The van der Waals surface area contributed by atoms with Gasteiger partial charge in [-0.1, -0.05) is 44.0 Å². The van der Waals surface area contributed by atoms with Gasteiger partial charge in [-0.3, -0.25) is 0 Å². The summed E-state index contributed by atoms with van der Waals surface area (Å²) in [6, 6.07) is 7.85. The van der Waals surface area contributed by atoms with Crippen molar-refractivity contribution in [3.8, 4) is 11.1 Å². The molecule has 0 amide bonds. The van der Waals surface area contributed by atoms with E-state index in [1.165, 1.54) is 38.0 Å². The third kappa shape index (κ3) is 3.75. The summed E-state index contributed by atoms with van der Waals surface area (Å²) in [5.74, 6) is -1.07. The molecule has 2 aromatic carbocycles. The zero-order chi connectivity index (χ0) is 18.0. The first-order valence-corrected chi connectivity index (χ1v) is 9.25. The Morgan fingerprint density at radius 2 is 1.64 bits per heavy atom. The molecule has 1 saturated carbocycles. The van der Waals surface area contributed by atoms with Gasteiger partial charge in [-0.05, 0) is 67.2 Å². The molecule has 2 aromatic rings. The Hall–Kier alpha value is -1.77. The Labute approximate surface area is 148 Å². The fraction of sp³-hybridized carbons (Fsp3) is 0.455. The first-order valence-electron chi connectivity index (χ1n) is 9.25. The summed E-state index contributed by atoms with van der Waals surface area (Å²) in [5, 5.41) is 0. The number of benzene rings is 2. The van der Waals surface area contributed by atoms with E-state index in [1.807, 2.05) is 0 Å². The van der Waals surface area contributed by atoms with Gasteiger partial charge in [-0.25, -0.2) is 13.2 Å².